The number of aromatic nitrogens is 3. The summed E-state index contributed by atoms with van der Waals surface area (Å²) in [5.41, 5.74) is 3.13. The van der Waals surface area contributed by atoms with Gasteiger partial charge in [0.1, 0.15) is 16.3 Å². The van der Waals surface area contributed by atoms with Gasteiger partial charge in [0.15, 0.2) is 5.43 Å². The number of ether oxygens (including phenoxy) is 1. The summed E-state index contributed by atoms with van der Waals surface area (Å²) >= 11 is 0. The summed E-state index contributed by atoms with van der Waals surface area (Å²) in [5.74, 6) is 0.334. The Morgan fingerprint density at radius 1 is 1.17 bits per heavy atom. The maximum Gasteiger partial charge on any atom is 0.333 e. The minimum Gasteiger partial charge on any atom is -0.496 e. The van der Waals surface area contributed by atoms with Crippen LogP contribution in [-0.4, -0.2) is 30.1 Å². The van der Waals surface area contributed by atoms with Crippen LogP contribution in [0.15, 0.2) is 58.5 Å². The highest BCUT2D eigenvalue weighted by atomic mass is 32.3. The summed E-state index contributed by atoms with van der Waals surface area (Å²) in [6.07, 6.45) is 5.30. The molecule has 1 N–H and O–H groups in total. The summed E-state index contributed by atoms with van der Waals surface area (Å²) < 4.78 is 44.3. The van der Waals surface area contributed by atoms with Crippen LogP contribution in [0.1, 0.15) is 30.9 Å². The van der Waals surface area contributed by atoms with E-state index in [1.807, 2.05) is 0 Å². The molecule has 0 aliphatic heterocycles. The van der Waals surface area contributed by atoms with E-state index in [0.29, 0.717) is 49.9 Å². The standard InChI is InChI=1S/C26H19FN4O4S/c1-35-23-10-20-22(9-19(23)15-8-17(13-29-12-15)36(27,33)34)31(16-3-2-4-16)26-24(25(20)32)18-6-5-14(11-28)7-21(18)30-26/h5-10,12-13,16,30H,2-4H2,1H3. The first kappa shape index (κ1) is 22.2. The Kier molecular flexibility index (Phi) is 4.88. The Hall–Kier alpha value is -4.23. The number of rotatable bonds is 4. The lowest BCUT2D eigenvalue weighted by atomic mass is 9.91. The zero-order valence-corrected chi connectivity index (χ0v) is 19.9. The Bertz CT molecular complexity index is 1930. The number of benzene rings is 2. The molecule has 0 spiro atoms. The fourth-order valence-electron chi connectivity index (χ4n) is 4.99. The molecule has 2 aromatic carbocycles. The van der Waals surface area contributed by atoms with Crippen molar-refractivity contribution in [2.45, 2.75) is 30.2 Å². The van der Waals surface area contributed by atoms with Gasteiger partial charge >= 0.3 is 10.2 Å². The molecule has 8 nitrogen and oxygen atoms in total. The Morgan fingerprint density at radius 3 is 2.64 bits per heavy atom. The van der Waals surface area contributed by atoms with E-state index in [-0.39, 0.29) is 11.5 Å². The summed E-state index contributed by atoms with van der Waals surface area (Å²) in [6, 6.07) is 12.1. The van der Waals surface area contributed by atoms with Crippen LogP contribution in [0.25, 0.3) is 44.0 Å². The number of methoxy groups -OCH3 is 1. The van der Waals surface area contributed by atoms with E-state index in [4.69, 9.17) is 4.74 Å². The van der Waals surface area contributed by atoms with Gasteiger partial charge in [-0.3, -0.25) is 9.78 Å². The van der Waals surface area contributed by atoms with Crippen LogP contribution in [0.3, 0.4) is 0 Å². The number of nitrogens with one attached hydrogen (secondary N) is 1. The van der Waals surface area contributed by atoms with Crippen molar-refractivity contribution >= 4 is 43.1 Å². The first-order valence-corrected chi connectivity index (χ1v) is 12.7. The number of hydrogen-bond acceptors (Lipinski definition) is 6. The minimum absolute atomic E-state index is 0.149. The van der Waals surface area contributed by atoms with E-state index in [0.717, 1.165) is 30.8 Å². The van der Waals surface area contributed by atoms with Crippen molar-refractivity contribution in [3.63, 3.8) is 0 Å². The van der Waals surface area contributed by atoms with Crippen molar-refractivity contribution in [1.82, 2.24) is 14.5 Å². The fraction of sp³-hybridized carbons (Fsp3) is 0.192. The molecule has 180 valence electrons. The molecule has 1 aliphatic rings. The zero-order valence-electron chi connectivity index (χ0n) is 19.1. The highest BCUT2D eigenvalue weighted by Gasteiger charge is 2.27. The molecule has 3 aromatic heterocycles. The van der Waals surface area contributed by atoms with Gasteiger partial charge in [-0.25, -0.2) is 0 Å². The lowest BCUT2D eigenvalue weighted by Gasteiger charge is -2.31. The van der Waals surface area contributed by atoms with Gasteiger partial charge in [0, 0.05) is 40.5 Å². The highest BCUT2D eigenvalue weighted by Crippen LogP contribution is 2.41. The largest absolute Gasteiger partial charge is 0.496 e. The van der Waals surface area contributed by atoms with Crippen molar-refractivity contribution in [2.24, 2.45) is 0 Å². The number of nitriles is 1. The van der Waals surface area contributed by atoms with Crippen LogP contribution in [0.4, 0.5) is 3.89 Å². The minimum atomic E-state index is -4.95. The highest BCUT2D eigenvalue weighted by molar-refractivity contribution is 7.86. The van der Waals surface area contributed by atoms with E-state index in [1.165, 1.54) is 19.4 Å². The van der Waals surface area contributed by atoms with Gasteiger partial charge in [-0.15, -0.1) is 3.89 Å². The van der Waals surface area contributed by atoms with E-state index < -0.39 is 15.1 Å². The summed E-state index contributed by atoms with van der Waals surface area (Å²) in [5, 5.41) is 11.0. The fourth-order valence-corrected chi connectivity index (χ4v) is 5.44. The normalized spacial score (nSPS) is 14.2. The molecule has 0 saturated heterocycles. The average Bonchev–Trinajstić information content (AvgIpc) is 3.22. The molecular formula is C26H19FN4O4S. The van der Waals surface area contributed by atoms with Crippen LogP contribution in [-0.2, 0) is 10.2 Å². The van der Waals surface area contributed by atoms with E-state index >= 15 is 0 Å². The summed E-state index contributed by atoms with van der Waals surface area (Å²) in [7, 11) is -3.50. The molecular weight excluding hydrogens is 483 g/mol. The predicted molar refractivity (Wildman–Crippen MR) is 133 cm³/mol. The third-order valence-electron chi connectivity index (χ3n) is 6.94. The quantitative estimate of drug-likeness (QED) is 0.347. The van der Waals surface area contributed by atoms with Gasteiger partial charge in [-0.1, -0.05) is 6.07 Å². The second kappa shape index (κ2) is 7.90. The molecule has 0 atom stereocenters. The van der Waals surface area contributed by atoms with Crippen LogP contribution in [0, 0.1) is 11.3 Å². The molecule has 0 radical (unpaired) electrons. The van der Waals surface area contributed by atoms with Crippen molar-refractivity contribution in [3.05, 3.63) is 64.6 Å². The maximum atomic E-state index is 13.8. The van der Waals surface area contributed by atoms with E-state index in [1.54, 1.807) is 30.3 Å². The monoisotopic (exact) mass is 502 g/mol. The van der Waals surface area contributed by atoms with Crippen LogP contribution in [0.2, 0.25) is 0 Å². The second-order valence-electron chi connectivity index (χ2n) is 8.92. The molecule has 1 aliphatic carbocycles. The van der Waals surface area contributed by atoms with Gasteiger partial charge in [0.25, 0.3) is 0 Å². The number of pyridine rings is 2. The smallest absolute Gasteiger partial charge is 0.333 e. The average molecular weight is 503 g/mol. The number of hydrogen-bond donors (Lipinski definition) is 1. The SMILES string of the molecule is COc1cc2c(=O)c3c4ccc(C#N)cc4[nH]c3n(C3CCC3)c2cc1-c1cncc(S(=O)(=O)F)c1. The van der Waals surface area contributed by atoms with E-state index in [9.17, 15) is 22.4 Å². The van der Waals surface area contributed by atoms with E-state index in [2.05, 4.69) is 20.6 Å². The Morgan fingerprint density at radius 2 is 1.97 bits per heavy atom. The van der Waals surface area contributed by atoms with Crippen LogP contribution in [0.5, 0.6) is 5.75 Å². The lowest BCUT2D eigenvalue weighted by Crippen LogP contribution is -2.21. The van der Waals surface area contributed by atoms with Gasteiger partial charge in [0.2, 0.25) is 0 Å². The Balaban J connectivity index is 1.74. The van der Waals surface area contributed by atoms with Crippen molar-refractivity contribution in [2.75, 3.05) is 7.11 Å². The number of aromatic amines is 1. The molecule has 1 fully saturated rings. The van der Waals surface area contributed by atoms with Crippen LogP contribution < -0.4 is 10.2 Å². The first-order valence-electron chi connectivity index (χ1n) is 11.3. The summed E-state index contributed by atoms with van der Waals surface area (Å²) in [6.45, 7) is 0. The molecule has 36 heavy (non-hydrogen) atoms. The van der Waals surface area contributed by atoms with Gasteiger partial charge in [-0.2, -0.15) is 13.7 Å². The third-order valence-corrected chi connectivity index (χ3v) is 7.73. The molecule has 10 heteroatoms. The Labute approximate surface area is 204 Å². The lowest BCUT2D eigenvalue weighted by molar-refractivity contribution is 0.327. The summed E-state index contributed by atoms with van der Waals surface area (Å²) in [4.78, 5) is 20.5. The molecule has 5 aromatic rings. The number of H-pyrrole nitrogens is 1. The number of fused-ring (bicyclic) bond motifs is 4. The molecule has 0 amide bonds. The topological polar surface area (TPSA) is 118 Å². The number of halogens is 1. The molecule has 1 saturated carbocycles. The van der Waals surface area contributed by atoms with Crippen LogP contribution >= 0.6 is 0 Å². The van der Waals surface area contributed by atoms with Crippen molar-refractivity contribution in [1.29, 1.82) is 5.26 Å². The molecule has 3 heterocycles. The zero-order chi connectivity index (χ0) is 25.2. The first-order chi connectivity index (χ1) is 17.3. The maximum absolute atomic E-state index is 13.8. The van der Waals surface area contributed by atoms with Crippen molar-refractivity contribution in [3.8, 4) is 22.9 Å². The van der Waals surface area contributed by atoms with Gasteiger partial charge in [-0.05, 0) is 49.6 Å². The molecule has 6 rings (SSSR count). The van der Waals surface area contributed by atoms with Gasteiger partial charge in [0.05, 0.1) is 35.0 Å². The third kappa shape index (κ3) is 3.27. The van der Waals surface area contributed by atoms with Crippen molar-refractivity contribution < 1.29 is 17.0 Å². The van der Waals surface area contributed by atoms with Gasteiger partial charge < -0.3 is 14.3 Å². The molecule has 0 bridgehead atoms. The second-order valence-corrected chi connectivity index (χ2v) is 10.3. The molecule has 0 unspecified atom stereocenters. The predicted octanol–water partition coefficient (Wildman–Crippen LogP) is 4.96. The number of nitrogens with zero attached hydrogens (tertiary/aromatic N) is 3.